The van der Waals surface area contributed by atoms with Gasteiger partial charge in [-0.2, -0.15) is 0 Å². The Balaban J connectivity index is 1.88. The zero-order chi connectivity index (χ0) is 17.4. The predicted molar refractivity (Wildman–Crippen MR) is 84.6 cm³/mol. The molecule has 130 valence electrons. The Morgan fingerprint density at radius 3 is 2.62 bits per heavy atom. The molecular formula is C16H19NO7. The van der Waals surface area contributed by atoms with Crippen LogP contribution < -0.4 is 10.9 Å². The van der Waals surface area contributed by atoms with Crippen LogP contribution in [0.15, 0.2) is 33.5 Å². The van der Waals surface area contributed by atoms with Gasteiger partial charge in [0.05, 0.1) is 6.61 Å². The van der Waals surface area contributed by atoms with Crippen molar-refractivity contribution in [2.24, 2.45) is 0 Å². The minimum absolute atomic E-state index is 0.361. The topological polar surface area (TPSA) is 132 Å². The summed E-state index contributed by atoms with van der Waals surface area (Å²) in [6, 6.07) is 5.37. The second-order valence-electron chi connectivity index (χ2n) is 5.86. The molecule has 5 atom stereocenters. The van der Waals surface area contributed by atoms with Gasteiger partial charge in [0, 0.05) is 23.2 Å². The molecule has 2 aromatic rings. The van der Waals surface area contributed by atoms with Crippen molar-refractivity contribution in [1.29, 1.82) is 0 Å². The zero-order valence-corrected chi connectivity index (χ0v) is 12.9. The van der Waals surface area contributed by atoms with Gasteiger partial charge in [0.25, 0.3) is 0 Å². The second-order valence-corrected chi connectivity index (χ2v) is 5.86. The van der Waals surface area contributed by atoms with E-state index >= 15 is 0 Å². The summed E-state index contributed by atoms with van der Waals surface area (Å²) in [6.07, 6.45) is -5.20. The number of aryl methyl sites for hydroxylation is 1. The molecule has 1 aromatic carbocycles. The van der Waals surface area contributed by atoms with Crippen LogP contribution in [0.1, 0.15) is 5.56 Å². The van der Waals surface area contributed by atoms with E-state index in [4.69, 9.17) is 14.3 Å². The van der Waals surface area contributed by atoms with Gasteiger partial charge in [-0.3, -0.25) is 0 Å². The monoisotopic (exact) mass is 337 g/mol. The first-order chi connectivity index (χ1) is 11.4. The lowest BCUT2D eigenvalue weighted by molar-refractivity contribution is -0.245. The average Bonchev–Trinajstić information content (AvgIpc) is 2.54. The van der Waals surface area contributed by atoms with Crippen LogP contribution in [0.25, 0.3) is 11.0 Å². The highest BCUT2D eigenvalue weighted by Gasteiger charge is 2.43. The van der Waals surface area contributed by atoms with E-state index in [1.54, 1.807) is 25.1 Å². The van der Waals surface area contributed by atoms with Gasteiger partial charge in [-0.1, -0.05) is 0 Å². The number of hydrogen-bond acceptors (Lipinski definition) is 8. The number of aliphatic hydroxyl groups excluding tert-OH is 4. The average molecular weight is 337 g/mol. The molecule has 0 amide bonds. The molecule has 0 bridgehead atoms. The molecule has 0 radical (unpaired) electrons. The quantitative estimate of drug-likeness (QED) is 0.465. The lowest BCUT2D eigenvalue weighted by Gasteiger charge is -2.40. The fourth-order valence-corrected chi connectivity index (χ4v) is 2.86. The summed E-state index contributed by atoms with van der Waals surface area (Å²) in [4.78, 5) is 11.5. The molecule has 3 unspecified atom stereocenters. The van der Waals surface area contributed by atoms with E-state index in [-0.39, 0.29) is 0 Å². The van der Waals surface area contributed by atoms with E-state index < -0.39 is 42.9 Å². The molecule has 8 heteroatoms. The lowest BCUT2D eigenvalue weighted by Crippen LogP contribution is -2.61. The number of rotatable bonds is 3. The summed E-state index contributed by atoms with van der Waals surface area (Å²) in [5.41, 5.74) is 1.13. The first-order valence-electron chi connectivity index (χ1n) is 7.52. The first kappa shape index (κ1) is 16.9. The number of anilines is 1. The van der Waals surface area contributed by atoms with Crippen molar-refractivity contribution in [2.75, 3.05) is 11.9 Å². The molecule has 8 nitrogen and oxygen atoms in total. The third-order valence-electron chi connectivity index (χ3n) is 4.18. The summed E-state index contributed by atoms with van der Waals surface area (Å²) in [5.74, 6) is 0. The highest BCUT2D eigenvalue weighted by molar-refractivity contribution is 5.83. The molecule has 0 spiro atoms. The van der Waals surface area contributed by atoms with Gasteiger partial charge in [0.2, 0.25) is 0 Å². The van der Waals surface area contributed by atoms with Gasteiger partial charge < -0.3 is 34.9 Å². The Kier molecular flexibility index (Phi) is 4.57. The van der Waals surface area contributed by atoms with E-state index in [2.05, 4.69) is 5.32 Å². The molecule has 2 heterocycles. The number of nitrogens with one attached hydrogen (secondary N) is 1. The summed E-state index contributed by atoms with van der Waals surface area (Å²) >= 11 is 0. The number of ether oxygens (including phenoxy) is 1. The van der Waals surface area contributed by atoms with Crippen LogP contribution >= 0.6 is 0 Å². The van der Waals surface area contributed by atoms with Gasteiger partial charge in [0.1, 0.15) is 29.9 Å². The highest BCUT2D eigenvalue weighted by Crippen LogP contribution is 2.25. The smallest absolute Gasteiger partial charge is 0.336 e. The van der Waals surface area contributed by atoms with Gasteiger partial charge >= 0.3 is 5.63 Å². The molecule has 5 N–H and O–H groups in total. The van der Waals surface area contributed by atoms with Crippen molar-refractivity contribution >= 4 is 16.7 Å². The summed E-state index contributed by atoms with van der Waals surface area (Å²) in [7, 11) is 0. The third kappa shape index (κ3) is 3.02. The number of fused-ring (bicyclic) bond motifs is 1. The Morgan fingerprint density at radius 1 is 1.17 bits per heavy atom. The van der Waals surface area contributed by atoms with Gasteiger partial charge in [-0.25, -0.2) is 4.79 Å². The number of aliphatic hydroxyl groups is 4. The molecule has 3 rings (SSSR count). The van der Waals surface area contributed by atoms with Crippen molar-refractivity contribution in [3.8, 4) is 0 Å². The summed E-state index contributed by atoms with van der Waals surface area (Å²) in [6.45, 7) is 1.27. The zero-order valence-electron chi connectivity index (χ0n) is 12.9. The summed E-state index contributed by atoms with van der Waals surface area (Å²) in [5, 5.41) is 42.7. The molecular weight excluding hydrogens is 318 g/mol. The maximum atomic E-state index is 11.5. The minimum Gasteiger partial charge on any atom is -0.423 e. The molecule has 0 saturated carbocycles. The number of benzene rings is 1. The predicted octanol–water partition coefficient (Wildman–Crippen LogP) is -0.687. The van der Waals surface area contributed by atoms with Crippen LogP contribution in [0.4, 0.5) is 5.69 Å². The molecule has 24 heavy (non-hydrogen) atoms. The SMILES string of the molecule is Cc1cc(=O)oc2cc(N[C@@H]3C(O)OC(CO)[C@@H](O)C3O)ccc12. The Morgan fingerprint density at radius 2 is 1.92 bits per heavy atom. The fourth-order valence-electron chi connectivity index (χ4n) is 2.86. The Labute approximate surface area is 136 Å². The van der Waals surface area contributed by atoms with Gasteiger partial charge in [0.15, 0.2) is 6.29 Å². The summed E-state index contributed by atoms with van der Waals surface area (Å²) < 4.78 is 10.2. The lowest BCUT2D eigenvalue weighted by atomic mass is 9.97. The molecule has 1 aromatic heterocycles. The van der Waals surface area contributed by atoms with Crippen LogP contribution in [0.5, 0.6) is 0 Å². The number of hydrogen-bond donors (Lipinski definition) is 5. The van der Waals surface area contributed by atoms with E-state index in [0.29, 0.717) is 11.3 Å². The van der Waals surface area contributed by atoms with Crippen molar-refractivity contribution < 1.29 is 29.6 Å². The Bertz CT molecular complexity index is 790. The standard InChI is InChI=1S/C16H19NO7/c1-7-4-12(19)23-10-5-8(2-3-9(7)10)17-13-15(21)14(20)11(6-18)24-16(13)22/h2-5,11,13-18,20-22H,6H2,1H3/t11?,13-,14+,15?,16?/m0/s1. The molecule has 1 fully saturated rings. The molecule has 1 aliphatic rings. The highest BCUT2D eigenvalue weighted by atomic mass is 16.6. The Hall–Kier alpha value is -1.97. The molecule has 1 aliphatic heterocycles. The van der Waals surface area contributed by atoms with Crippen LogP contribution in [0.3, 0.4) is 0 Å². The van der Waals surface area contributed by atoms with Crippen molar-refractivity contribution in [3.63, 3.8) is 0 Å². The van der Waals surface area contributed by atoms with Crippen molar-refractivity contribution in [1.82, 2.24) is 0 Å². The van der Waals surface area contributed by atoms with Gasteiger partial charge in [-0.15, -0.1) is 0 Å². The van der Waals surface area contributed by atoms with Crippen LogP contribution in [0.2, 0.25) is 0 Å². The van der Waals surface area contributed by atoms with E-state index in [1.807, 2.05) is 0 Å². The van der Waals surface area contributed by atoms with Gasteiger partial charge in [-0.05, 0) is 24.6 Å². The largest absolute Gasteiger partial charge is 0.423 e. The normalized spacial score (nSPS) is 30.5. The first-order valence-corrected chi connectivity index (χ1v) is 7.52. The van der Waals surface area contributed by atoms with Crippen LogP contribution in [-0.2, 0) is 4.74 Å². The minimum atomic E-state index is -1.43. The molecule has 1 saturated heterocycles. The van der Waals surface area contributed by atoms with Crippen LogP contribution in [0, 0.1) is 6.92 Å². The van der Waals surface area contributed by atoms with Crippen LogP contribution in [-0.4, -0.2) is 57.7 Å². The van der Waals surface area contributed by atoms with Crippen molar-refractivity contribution in [3.05, 3.63) is 40.2 Å². The van der Waals surface area contributed by atoms with E-state index in [1.165, 1.54) is 6.07 Å². The van der Waals surface area contributed by atoms with E-state index in [9.17, 15) is 20.1 Å². The third-order valence-corrected chi connectivity index (χ3v) is 4.18. The fraction of sp³-hybridized carbons (Fsp3) is 0.438. The maximum absolute atomic E-state index is 11.5. The molecule has 0 aliphatic carbocycles. The maximum Gasteiger partial charge on any atom is 0.336 e. The second kappa shape index (κ2) is 6.50. The van der Waals surface area contributed by atoms with Crippen molar-refractivity contribution in [2.45, 2.75) is 37.6 Å². The van der Waals surface area contributed by atoms with E-state index in [0.717, 1.165) is 10.9 Å².